The van der Waals surface area contributed by atoms with Crippen molar-refractivity contribution in [3.8, 4) is 0 Å². The van der Waals surface area contributed by atoms with Crippen LogP contribution >= 0.6 is 27.7 Å². The van der Waals surface area contributed by atoms with Gasteiger partial charge in [-0.3, -0.25) is 4.79 Å². The number of nitrogen functional groups attached to an aromatic ring is 1. The van der Waals surface area contributed by atoms with E-state index in [4.69, 9.17) is 5.73 Å². The molecular formula is C12H16BrN3OS. The third-order valence-electron chi connectivity index (χ3n) is 3.00. The zero-order valence-electron chi connectivity index (χ0n) is 10.2. The van der Waals surface area contributed by atoms with Crippen molar-refractivity contribution in [1.82, 2.24) is 9.88 Å². The van der Waals surface area contributed by atoms with Crippen LogP contribution in [0.5, 0.6) is 0 Å². The fourth-order valence-electron chi connectivity index (χ4n) is 1.94. The van der Waals surface area contributed by atoms with Gasteiger partial charge in [-0.2, -0.15) is 11.8 Å². The van der Waals surface area contributed by atoms with Gasteiger partial charge in [0.2, 0.25) is 0 Å². The Morgan fingerprint density at radius 3 is 3.22 bits per heavy atom. The van der Waals surface area contributed by atoms with Gasteiger partial charge in [-0.25, -0.2) is 4.98 Å². The smallest absolute Gasteiger partial charge is 0.257 e. The molecule has 1 amide bonds. The standard InChI is InChI=1S/C12H16BrN3OS/c1-2-9-7-16(3-4-18-9)12(17)10-5-8(13)6-15-11(10)14/h5-6,9H,2-4,7H2,1H3,(H2,14,15). The number of amides is 1. The number of aromatic nitrogens is 1. The van der Waals surface area contributed by atoms with Crippen LogP contribution in [0.3, 0.4) is 0 Å². The summed E-state index contributed by atoms with van der Waals surface area (Å²) in [5, 5.41) is 0.532. The highest BCUT2D eigenvalue weighted by Crippen LogP contribution is 2.24. The quantitative estimate of drug-likeness (QED) is 0.905. The molecule has 1 fully saturated rings. The van der Waals surface area contributed by atoms with Gasteiger partial charge in [0.15, 0.2) is 0 Å². The molecule has 0 saturated carbocycles. The molecule has 1 aliphatic rings. The first-order valence-electron chi connectivity index (χ1n) is 5.93. The predicted molar refractivity (Wildman–Crippen MR) is 78.8 cm³/mol. The first kappa shape index (κ1) is 13.7. The highest BCUT2D eigenvalue weighted by atomic mass is 79.9. The van der Waals surface area contributed by atoms with Crippen molar-refractivity contribution in [1.29, 1.82) is 0 Å². The summed E-state index contributed by atoms with van der Waals surface area (Å²) in [4.78, 5) is 18.3. The zero-order valence-corrected chi connectivity index (χ0v) is 12.6. The molecule has 0 spiro atoms. The largest absolute Gasteiger partial charge is 0.383 e. The van der Waals surface area contributed by atoms with E-state index in [1.54, 1.807) is 12.3 Å². The number of thioether (sulfide) groups is 1. The zero-order chi connectivity index (χ0) is 13.1. The summed E-state index contributed by atoms with van der Waals surface area (Å²) < 4.78 is 0.776. The minimum absolute atomic E-state index is 0.0138. The second kappa shape index (κ2) is 5.93. The molecule has 1 aliphatic heterocycles. The van der Waals surface area contributed by atoms with E-state index in [0.29, 0.717) is 16.6 Å². The van der Waals surface area contributed by atoms with Gasteiger partial charge in [-0.1, -0.05) is 6.92 Å². The lowest BCUT2D eigenvalue weighted by Crippen LogP contribution is -2.42. The number of nitrogens with two attached hydrogens (primary N) is 1. The molecule has 18 heavy (non-hydrogen) atoms. The number of anilines is 1. The van der Waals surface area contributed by atoms with Gasteiger partial charge in [0.05, 0.1) is 5.56 Å². The molecule has 6 heteroatoms. The van der Waals surface area contributed by atoms with Crippen molar-refractivity contribution in [2.75, 3.05) is 24.6 Å². The van der Waals surface area contributed by atoms with Gasteiger partial charge in [0, 0.05) is 34.8 Å². The maximum Gasteiger partial charge on any atom is 0.257 e. The molecule has 1 saturated heterocycles. The second-order valence-corrected chi connectivity index (χ2v) is 6.56. The van der Waals surface area contributed by atoms with E-state index in [1.807, 2.05) is 16.7 Å². The third kappa shape index (κ3) is 2.98. The summed E-state index contributed by atoms with van der Waals surface area (Å²) in [7, 11) is 0. The fraction of sp³-hybridized carbons (Fsp3) is 0.500. The lowest BCUT2D eigenvalue weighted by atomic mass is 10.2. The van der Waals surface area contributed by atoms with Crippen LogP contribution in [-0.2, 0) is 0 Å². The van der Waals surface area contributed by atoms with Gasteiger partial charge < -0.3 is 10.6 Å². The SMILES string of the molecule is CCC1CN(C(=O)c2cc(Br)cnc2N)CCS1. The number of hydrogen-bond acceptors (Lipinski definition) is 4. The number of hydrogen-bond donors (Lipinski definition) is 1. The maximum absolute atomic E-state index is 12.4. The summed E-state index contributed by atoms with van der Waals surface area (Å²) in [5.74, 6) is 1.28. The first-order chi connectivity index (χ1) is 8.61. The highest BCUT2D eigenvalue weighted by molar-refractivity contribution is 9.10. The molecule has 1 unspecified atom stereocenters. The number of carbonyl (C=O) groups excluding carboxylic acids is 1. The fourth-order valence-corrected chi connectivity index (χ4v) is 3.45. The van der Waals surface area contributed by atoms with Gasteiger partial charge in [0.1, 0.15) is 5.82 Å². The van der Waals surface area contributed by atoms with Crippen LogP contribution in [0.25, 0.3) is 0 Å². The van der Waals surface area contributed by atoms with Gasteiger partial charge >= 0.3 is 0 Å². The Kier molecular flexibility index (Phi) is 4.50. The van der Waals surface area contributed by atoms with E-state index in [1.165, 1.54) is 0 Å². The minimum Gasteiger partial charge on any atom is -0.383 e. The van der Waals surface area contributed by atoms with Crippen molar-refractivity contribution in [2.24, 2.45) is 0 Å². The number of rotatable bonds is 2. The van der Waals surface area contributed by atoms with E-state index >= 15 is 0 Å². The number of halogens is 1. The van der Waals surface area contributed by atoms with Crippen molar-refractivity contribution >= 4 is 39.4 Å². The van der Waals surface area contributed by atoms with Crippen LogP contribution in [0.2, 0.25) is 0 Å². The molecule has 2 rings (SSSR count). The summed E-state index contributed by atoms with van der Waals surface area (Å²) in [6, 6.07) is 1.74. The third-order valence-corrected chi connectivity index (χ3v) is 4.80. The first-order valence-corrected chi connectivity index (χ1v) is 7.78. The molecule has 98 valence electrons. The van der Waals surface area contributed by atoms with Crippen molar-refractivity contribution < 1.29 is 4.79 Å². The molecule has 2 heterocycles. The van der Waals surface area contributed by atoms with E-state index in [9.17, 15) is 4.79 Å². The van der Waals surface area contributed by atoms with Gasteiger partial charge in [-0.05, 0) is 28.4 Å². The van der Waals surface area contributed by atoms with Crippen LogP contribution in [0, 0.1) is 0 Å². The number of pyridine rings is 1. The van der Waals surface area contributed by atoms with E-state index in [0.717, 1.165) is 29.7 Å². The Labute approximate surface area is 119 Å². The van der Waals surface area contributed by atoms with Crippen molar-refractivity contribution in [3.63, 3.8) is 0 Å². The Hall–Kier alpha value is -0.750. The lowest BCUT2D eigenvalue weighted by molar-refractivity contribution is 0.0761. The predicted octanol–water partition coefficient (Wildman–Crippen LogP) is 2.39. The van der Waals surface area contributed by atoms with Crippen molar-refractivity contribution in [2.45, 2.75) is 18.6 Å². The summed E-state index contributed by atoms with van der Waals surface area (Å²) in [5.41, 5.74) is 6.27. The molecule has 2 N–H and O–H groups in total. The average molecular weight is 330 g/mol. The Balaban J connectivity index is 2.17. The van der Waals surface area contributed by atoms with Crippen LogP contribution in [0.15, 0.2) is 16.7 Å². The molecule has 1 atom stereocenters. The Bertz CT molecular complexity index is 455. The van der Waals surface area contributed by atoms with Crippen LogP contribution < -0.4 is 5.73 Å². The van der Waals surface area contributed by atoms with Gasteiger partial charge in [-0.15, -0.1) is 0 Å². The molecule has 4 nitrogen and oxygen atoms in total. The number of nitrogens with zero attached hydrogens (tertiary/aromatic N) is 2. The topological polar surface area (TPSA) is 59.2 Å². The van der Waals surface area contributed by atoms with E-state index in [2.05, 4.69) is 27.8 Å². The van der Waals surface area contributed by atoms with Crippen LogP contribution in [0.1, 0.15) is 23.7 Å². The normalized spacial score (nSPS) is 19.9. The molecule has 1 aromatic heterocycles. The molecule has 1 aromatic rings. The maximum atomic E-state index is 12.4. The summed E-state index contributed by atoms with van der Waals surface area (Å²) in [6.07, 6.45) is 2.69. The Morgan fingerprint density at radius 2 is 2.50 bits per heavy atom. The number of carbonyl (C=O) groups is 1. The van der Waals surface area contributed by atoms with Crippen LogP contribution in [0.4, 0.5) is 5.82 Å². The summed E-state index contributed by atoms with van der Waals surface area (Å²) in [6.45, 7) is 3.73. The monoisotopic (exact) mass is 329 g/mol. The molecule has 0 aliphatic carbocycles. The molecule has 0 aromatic carbocycles. The van der Waals surface area contributed by atoms with Gasteiger partial charge in [0.25, 0.3) is 5.91 Å². The average Bonchev–Trinajstić information content (AvgIpc) is 2.41. The molecule has 0 radical (unpaired) electrons. The highest BCUT2D eigenvalue weighted by Gasteiger charge is 2.25. The second-order valence-electron chi connectivity index (χ2n) is 4.24. The lowest BCUT2D eigenvalue weighted by Gasteiger charge is -2.32. The van der Waals surface area contributed by atoms with E-state index < -0.39 is 0 Å². The molecular weight excluding hydrogens is 314 g/mol. The van der Waals surface area contributed by atoms with E-state index in [-0.39, 0.29) is 5.91 Å². The Morgan fingerprint density at radius 1 is 1.72 bits per heavy atom. The van der Waals surface area contributed by atoms with Crippen molar-refractivity contribution in [3.05, 3.63) is 22.3 Å². The van der Waals surface area contributed by atoms with Crippen LogP contribution in [-0.4, -0.2) is 39.9 Å². The minimum atomic E-state index is -0.0138. The summed E-state index contributed by atoms with van der Waals surface area (Å²) >= 11 is 5.26. The molecule has 0 bridgehead atoms.